The normalized spacial score (nSPS) is 11.9. The van der Waals surface area contributed by atoms with Gasteiger partial charge in [-0.05, 0) is 45.0 Å². The molecule has 0 aliphatic carbocycles. The number of carbonyl (C=O) groups is 2. The summed E-state index contributed by atoms with van der Waals surface area (Å²) in [5.74, 6) is -1.41. The zero-order chi connectivity index (χ0) is 24.1. The Labute approximate surface area is 194 Å². The summed E-state index contributed by atoms with van der Waals surface area (Å²) >= 11 is 5.98. The van der Waals surface area contributed by atoms with Gasteiger partial charge in [-0.15, -0.1) is 0 Å². The minimum absolute atomic E-state index is 0.0499. The van der Waals surface area contributed by atoms with Gasteiger partial charge in [0.25, 0.3) is 11.6 Å². The quantitative estimate of drug-likeness (QED) is 0.234. The standard InChI is InChI=1S/C23H21ClN4O5/c1-14-19(15(2)27(26-14)17-7-5-4-6-8-17)10-12-22(29)33-16(3)23(30)25-21-13-18(28(31)32)9-11-20(21)24/h4-13,16H,1-3H3,(H,25,30)/b12-10+/t16-/m0/s1. The highest BCUT2D eigenvalue weighted by atomic mass is 35.5. The van der Waals surface area contributed by atoms with Crippen LogP contribution in [0.25, 0.3) is 11.8 Å². The number of rotatable bonds is 7. The molecule has 0 aliphatic rings. The van der Waals surface area contributed by atoms with Crippen LogP contribution < -0.4 is 5.32 Å². The molecule has 0 fully saturated rings. The van der Waals surface area contributed by atoms with E-state index in [2.05, 4.69) is 10.4 Å². The Morgan fingerprint density at radius 2 is 1.91 bits per heavy atom. The van der Waals surface area contributed by atoms with Crippen molar-refractivity contribution < 1.29 is 19.2 Å². The monoisotopic (exact) mass is 468 g/mol. The van der Waals surface area contributed by atoms with E-state index in [0.717, 1.165) is 28.7 Å². The number of halogens is 1. The highest BCUT2D eigenvalue weighted by molar-refractivity contribution is 6.33. The lowest BCUT2D eigenvalue weighted by molar-refractivity contribution is -0.384. The van der Waals surface area contributed by atoms with Gasteiger partial charge in [-0.25, -0.2) is 9.48 Å². The van der Waals surface area contributed by atoms with Crippen molar-refractivity contribution in [3.63, 3.8) is 0 Å². The molecule has 2 aromatic carbocycles. The Hall–Kier alpha value is -3.98. The minimum Gasteiger partial charge on any atom is -0.449 e. The zero-order valence-electron chi connectivity index (χ0n) is 18.1. The largest absolute Gasteiger partial charge is 0.449 e. The van der Waals surface area contributed by atoms with E-state index in [1.54, 1.807) is 10.8 Å². The van der Waals surface area contributed by atoms with Crippen molar-refractivity contribution >= 4 is 40.9 Å². The highest BCUT2D eigenvalue weighted by Gasteiger charge is 2.19. The molecule has 1 N–H and O–H groups in total. The third-order valence-corrected chi connectivity index (χ3v) is 5.14. The van der Waals surface area contributed by atoms with Crippen LogP contribution in [0.4, 0.5) is 11.4 Å². The molecule has 3 aromatic rings. The summed E-state index contributed by atoms with van der Waals surface area (Å²) in [5.41, 5.74) is 3.04. The summed E-state index contributed by atoms with van der Waals surface area (Å²) in [6.07, 6.45) is 1.64. The number of hydrogen-bond donors (Lipinski definition) is 1. The van der Waals surface area contributed by atoms with Gasteiger partial charge in [0, 0.05) is 29.5 Å². The van der Waals surface area contributed by atoms with Crippen LogP contribution in [0.15, 0.2) is 54.6 Å². The maximum atomic E-state index is 12.4. The van der Waals surface area contributed by atoms with Gasteiger partial charge in [0.15, 0.2) is 6.10 Å². The zero-order valence-corrected chi connectivity index (χ0v) is 18.9. The van der Waals surface area contributed by atoms with Crippen LogP contribution in [0.5, 0.6) is 0 Å². The Balaban J connectivity index is 1.66. The van der Waals surface area contributed by atoms with Crippen molar-refractivity contribution in [2.45, 2.75) is 26.9 Å². The van der Waals surface area contributed by atoms with Crippen LogP contribution in [0.2, 0.25) is 5.02 Å². The molecule has 0 unspecified atom stereocenters. The molecule has 0 saturated heterocycles. The number of esters is 1. The third-order valence-electron chi connectivity index (χ3n) is 4.81. The summed E-state index contributed by atoms with van der Waals surface area (Å²) < 4.78 is 6.93. The summed E-state index contributed by atoms with van der Waals surface area (Å²) in [7, 11) is 0. The van der Waals surface area contributed by atoms with Crippen LogP contribution >= 0.6 is 11.6 Å². The molecule has 1 aromatic heterocycles. The van der Waals surface area contributed by atoms with E-state index in [0.29, 0.717) is 0 Å². The van der Waals surface area contributed by atoms with Crippen LogP contribution in [0, 0.1) is 24.0 Å². The Morgan fingerprint density at radius 3 is 2.58 bits per heavy atom. The lowest BCUT2D eigenvalue weighted by Gasteiger charge is -2.13. The van der Waals surface area contributed by atoms with Crippen molar-refractivity contribution in [2.75, 3.05) is 5.32 Å². The van der Waals surface area contributed by atoms with Crippen LogP contribution in [-0.4, -0.2) is 32.7 Å². The molecule has 33 heavy (non-hydrogen) atoms. The van der Waals surface area contributed by atoms with Gasteiger partial charge < -0.3 is 10.1 Å². The third kappa shape index (κ3) is 5.64. The number of benzene rings is 2. The fourth-order valence-electron chi connectivity index (χ4n) is 3.09. The molecule has 10 heteroatoms. The molecule has 0 radical (unpaired) electrons. The van der Waals surface area contributed by atoms with E-state index in [1.807, 2.05) is 44.2 Å². The second-order valence-electron chi connectivity index (χ2n) is 7.15. The second kappa shape index (κ2) is 10.1. The van der Waals surface area contributed by atoms with Crippen LogP contribution in [0.3, 0.4) is 0 Å². The van der Waals surface area contributed by atoms with Gasteiger partial charge in [-0.2, -0.15) is 5.10 Å². The minimum atomic E-state index is -1.16. The molecular formula is C23H21ClN4O5. The van der Waals surface area contributed by atoms with Crippen LogP contribution in [0.1, 0.15) is 23.9 Å². The fraction of sp³-hybridized carbons (Fsp3) is 0.174. The molecule has 9 nitrogen and oxygen atoms in total. The first-order valence-corrected chi connectivity index (χ1v) is 10.3. The highest BCUT2D eigenvalue weighted by Crippen LogP contribution is 2.27. The first-order chi connectivity index (χ1) is 15.7. The van der Waals surface area contributed by atoms with Gasteiger partial charge >= 0.3 is 5.97 Å². The lowest BCUT2D eigenvalue weighted by Crippen LogP contribution is -2.29. The maximum Gasteiger partial charge on any atom is 0.331 e. The summed E-state index contributed by atoms with van der Waals surface area (Å²) in [4.78, 5) is 34.9. The van der Waals surface area contributed by atoms with E-state index in [9.17, 15) is 19.7 Å². The number of aromatic nitrogens is 2. The van der Waals surface area contributed by atoms with Gasteiger partial charge in [-0.3, -0.25) is 14.9 Å². The lowest BCUT2D eigenvalue weighted by atomic mass is 10.2. The number of anilines is 1. The van der Waals surface area contributed by atoms with Gasteiger partial charge in [0.1, 0.15) is 0 Å². The maximum absolute atomic E-state index is 12.4. The number of nitrogens with one attached hydrogen (secondary N) is 1. The first kappa shape index (κ1) is 23.7. The number of nitro groups is 1. The smallest absolute Gasteiger partial charge is 0.331 e. The molecule has 3 rings (SSSR count). The Kier molecular flexibility index (Phi) is 7.24. The van der Waals surface area contributed by atoms with Crippen molar-refractivity contribution in [2.24, 2.45) is 0 Å². The van der Waals surface area contributed by atoms with Crippen molar-refractivity contribution in [3.8, 4) is 5.69 Å². The number of aryl methyl sites for hydroxylation is 1. The number of para-hydroxylation sites is 1. The second-order valence-corrected chi connectivity index (χ2v) is 7.56. The van der Waals surface area contributed by atoms with Gasteiger partial charge in [0.2, 0.25) is 0 Å². The summed E-state index contributed by atoms with van der Waals surface area (Å²) in [6.45, 7) is 5.10. The number of nitrogens with zero attached hydrogens (tertiary/aromatic N) is 3. The van der Waals surface area contributed by atoms with Crippen molar-refractivity contribution in [1.82, 2.24) is 9.78 Å². The van der Waals surface area contributed by atoms with E-state index in [-0.39, 0.29) is 16.4 Å². The van der Waals surface area contributed by atoms with E-state index < -0.39 is 22.9 Å². The topological polar surface area (TPSA) is 116 Å². The van der Waals surface area contributed by atoms with E-state index in [1.165, 1.54) is 25.1 Å². The van der Waals surface area contributed by atoms with E-state index >= 15 is 0 Å². The van der Waals surface area contributed by atoms with Gasteiger partial charge in [-0.1, -0.05) is 29.8 Å². The number of amides is 1. The molecule has 0 bridgehead atoms. The molecule has 0 spiro atoms. The average molecular weight is 469 g/mol. The number of ether oxygens (including phenoxy) is 1. The number of non-ortho nitro benzene ring substituents is 1. The molecule has 1 atom stereocenters. The predicted octanol–water partition coefficient (Wildman–Crippen LogP) is 4.63. The molecule has 1 heterocycles. The van der Waals surface area contributed by atoms with E-state index in [4.69, 9.17) is 16.3 Å². The molecule has 1 amide bonds. The first-order valence-electron chi connectivity index (χ1n) is 9.92. The molecular weight excluding hydrogens is 448 g/mol. The number of hydrogen-bond acceptors (Lipinski definition) is 6. The molecule has 0 saturated carbocycles. The molecule has 170 valence electrons. The predicted molar refractivity (Wildman–Crippen MR) is 124 cm³/mol. The number of carbonyl (C=O) groups excluding carboxylic acids is 2. The SMILES string of the molecule is Cc1nn(-c2ccccc2)c(C)c1/C=C/C(=O)O[C@@H](C)C(=O)Nc1cc([N+](=O)[O-])ccc1Cl. The van der Waals surface area contributed by atoms with Crippen molar-refractivity contribution in [3.05, 3.63) is 86.7 Å². The molecule has 0 aliphatic heterocycles. The summed E-state index contributed by atoms with van der Waals surface area (Å²) in [5, 5.41) is 18.0. The fourth-order valence-corrected chi connectivity index (χ4v) is 3.26. The van der Waals surface area contributed by atoms with Crippen LogP contribution in [-0.2, 0) is 14.3 Å². The van der Waals surface area contributed by atoms with Crippen molar-refractivity contribution in [1.29, 1.82) is 0 Å². The average Bonchev–Trinajstić information content (AvgIpc) is 3.07. The Bertz CT molecular complexity index is 1240. The number of nitro benzene ring substituents is 1. The van der Waals surface area contributed by atoms with Gasteiger partial charge in [0.05, 0.1) is 27.0 Å². The summed E-state index contributed by atoms with van der Waals surface area (Å²) in [6, 6.07) is 13.2. The Morgan fingerprint density at radius 1 is 1.21 bits per heavy atom.